The summed E-state index contributed by atoms with van der Waals surface area (Å²) in [5.41, 5.74) is 0.339. The van der Waals surface area contributed by atoms with Crippen molar-refractivity contribution >= 4 is 11.9 Å². The van der Waals surface area contributed by atoms with E-state index in [2.05, 4.69) is 27.7 Å². The molecule has 0 atom stereocenters. The molecule has 1 amide bonds. The molecule has 1 N–H and O–H groups in total. The molecule has 0 aliphatic heterocycles. The molecule has 0 aliphatic carbocycles. The molecule has 19 heavy (non-hydrogen) atoms. The number of aromatic nitrogens is 4. The van der Waals surface area contributed by atoms with Crippen molar-refractivity contribution in [1.82, 2.24) is 20.2 Å². The summed E-state index contributed by atoms with van der Waals surface area (Å²) in [6, 6.07) is 5.24. The van der Waals surface area contributed by atoms with Crippen LogP contribution in [0.25, 0.3) is 0 Å². The van der Waals surface area contributed by atoms with E-state index < -0.39 is 5.91 Å². The second-order valence-corrected chi connectivity index (χ2v) is 4.02. The second-order valence-electron chi connectivity index (χ2n) is 4.02. The zero-order valence-corrected chi connectivity index (χ0v) is 10.5. The number of hydrogen-bond acceptors (Lipinski definition) is 4. The summed E-state index contributed by atoms with van der Waals surface area (Å²) in [5, 5.41) is 14.1. The van der Waals surface area contributed by atoms with Crippen molar-refractivity contribution in [2.75, 3.05) is 5.32 Å². The number of hydrogen-bond donors (Lipinski definition) is 1. The molecule has 7 heteroatoms. The monoisotopic (exact) mass is 263 g/mol. The maximum Gasteiger partial charge on any atom is 0.270 e. The number of aryl methyl sites for hydroxylation is 1. The van der Waals surface area contributed by atoms with Crippen LogP contribution in [0.2, 0.25) is 0 Å². The first-order chi connectivity index (χ1) is 9.19. The molecule has 0 saturated heterocycles. The highest BCUT2D eigenvalue weighted by molar-refractivity contribution is 6.03. The summed E-state index contributed by atoms with van der Waals surface area (Å²) in [6.45, 7) is 2.73. The molecule has 1 heterocycles. The van der Waals surface area contributed by atoms with E-state index in [9.17, 15) is 9.18 Å². The molecule has 100 valence electrons. The Balaban J connectivity index is 1.98. The number of halogens is 1. The van der Waals surface area contributed by atoms with Crippen LogP contribution in [0.4, 0.5) is 10.3 Å². The van der Waals surface area contributed by atoms with Crippen LogP contribution < -0.4 is 5.32 Å². The van der Waals surface area contributed by atoms with Gasteiger partial charge in [-0.05, 0) is 35.9 Å². The number of unbranched alkanes of at least 4 members (excludes halogenated alkanes) is 1. The van der Waals surface area contributed by atoms with E-state index in [4.69, 9.17) is 0 Å². The number of tetrazole rings is 1. The highest BCUT2D eigenvalue weighted by atomic mass is 19.1. The first kappa shape index (κ1) is 13.1. The summed E-state index contributed by atoms with van der Waals surface area (Å²) < 4.78 is 12.7. The minimum absolute atomic E-state index is 0.144. The predicted molar refractivity (Wildman–Crippen MR) is 67.1 cm³/mol. The van der Waals surface area contributed by atoms with E-state index in [0.717, 1.165) is 12.8 Å². The Bertz CT molecular complexity index is 552. The van der Waals surface area contributed by atoms with Crippen molar-refractivity contribution < 1.29 is 9.18 Å². The van der Waals surface area contributed by atoms with E-state index in [1.165, 1.54) is 29.1 Å². The number of nitrogens with zero attached hydrogens (tertiary/aromatic N) is 4. The van der Waals surface area contributed by atoms with Crippen LogP contribution in [0.15, 0.2) is 24.3 Å². The van der Waals surface area contributed by atoms with Gasteiger partial charge in [-0.3, -0.25) is 10.1 Å². The van der Waals surface area contributed by atoms with Gasteiger partial charge in [-0.2, -0.15) is 4.80 Å². The first-order valence-corrected chi connectivity index (χ1v) is 6.04. The van der Waals surface area contributed by atoms with Gasteiger partial charge in [0.2, 0.25) is 0 Å². The molecule has 0 fully saturated rings. The van der Waals surface area contributed by atoms with Gasteiger partial charge in [0.25, 0.3) is 11.9 Å². The predicted octanol–water partition coefficient (Wildman–Crippen LogP) is 1.86. The van der Waals surface area contributed by atoms with Crippen molar-refractivity contribution in [2.24, 2.45) is 0 Å². The van der Waals surface area contributed by atoms with Crippen molar-refractivity contribution in [3.05, 3.63) is 35.6 Å². The molecule has 6 nitrogen and oxygen atoms in total. The summed E-state index contributed by atoms with van der Waals surface area (Å²) in [4.78, 5) is 13.2. The van der Waals surface area contributed by atoms with Gasteiger partial charge in [-0.25, -0.2) is 4.39 Å². The average molecular weight is 263 g/mol. The van der Waals surface area contributed by atoms with Crippen molar-refractivity contribution in [2.45, 2.75) is 26.3 Å². The molecule has 0 bridgehead atoms. The van der Waals surface area contributed by atoms with E-state index in [-0.39, 0.29) is 11.8 Å². The van der Waals surface area contributed by atoms with Gasteiger partial charge in [0.1, 0.15) is 5.82 Å². The van der Waals surface area contributed by atoms with Gasteiger partial charge >= 0.3 is 0 Å². The van der Waals surface area contributed by atoms with Crippen molar-refractivity contribution in [1.29, 1.82) is 0 Å². The third-order valence-electron chi connectivity index (χ3n) is 2.50. The van der Waals surface area contributed by atoms with Crippen LogP contribution in [-0.2, 0) is 6.54 Å². The van der Waals surface area contributed by atoms with E-state index in [1.54, 1.807) is 0 Å². The van der Waals surface area contributed by atoms with Gasteiger partial charge in [0, 0.05) is 5.56 Å². The van der Waals surface area contributed by atoms with Crippen molar-refractivity contribution in [3.63, 3.8) is 0 Å². The van der Waals surface area contributed by atoms with Gasteiger partial charge < -0.3 is 0 Å². The van der Waals surface area contributed by atoms with Gasteiger partial charge in [-0.15, -0.1) is 5.10 Å². The van der Waals surface area contributed by atoms with Gasteiger partial charge in [-0.1, -0.05) is 18.4 Å². The van der Waals surface area contributed by atoms with Crippen LogP contribution in [-0.4, -0.2) is 26.1 Å². The number of amides is 1. The Morgan fingerprint density at radius 1 is 1.37 bits per heavy atom. The SMILES string of the molecule is CCCCn1nnc(NC(=O)c2ccc(F)cc2)n1. The fourth-order valence-corrected chi connectivity index (χ4v) is 1.46. The number of rotatable bonds is 5. The maximum atomic E-state index is 12.7. The third-order valence-corrected chi connectivity index (χ3v) is 2.50. The quantitative estimate of drug-likeness (QED) is 0.893. The second kappa shape index (κ2) is 6.03. The summed E-state index contributed by atoms with van der Waals surface area (Å²) in [5.74, 6) is -0.638. The van der Waals surface area contributed by atoms with Gasteiger partial charge in [0.15, 0.2) is 0 Å². The highest BCUT2D eigenvalue weighted by Crippen LogP contribution is 2.05. The molecule has 0 unspecified atom stereocenters. The number of carbonyl (C=O) groups excluding carboxylic acids is 1. The van der Waals surface area contributed by atoms with E-state index in [0.29, 0.717) is 12.1 Å². The van der Waals surface area contributed by atoms with Crippen LogP contribution in [0.3, 0.4) is 0 Å². The summed E-state index contributed by atoms with van der Waals surface area (Å²) in [7, 11) is 0. The molecule has 1 aromatic heterocycles. The Kier molecular flexibility index (Phi) is 4.17. The Morgan fingerprint density at radius 3 is 2.79 bits per heavy atom. The molecule has 0 aliphatic rings. The lowest BCUT2D eigenvalue weighted by Gasteiger charge is -2.00. The smallest absolute Gasteiger partial charge is 0.270 e. The van der Waals surface area contributed by atoms with Crippen LogP contribution in [0.5, 0.6) is 0 Å². The van der Waals surface area contributed by atoms with Crippen LogP contribution >= 0.6 is 0 Å². The fraction of sp³-hybridized carbons (Fsp3) is 0.333. The third kappa shape index (κ3) is 3.57. The molecule has 0 spiro atoms. The Hall–Kier alpha value is -2.31. The number of nitrogens with one attached hydrogen (secondary N) is 1. The average Bonchev–Trinajstić information content (AvgIpc) is 2.84. The van der Waals surface area contributed by atoms with E-state index >= 15 is 0 Å². The molecule has 2 aromatic rings. The minimum atomic E-state index is -0.393. The zero-order valence-electron chi connectivity index (χ0n) is 10.5. The fourth-order valence-electron chi connectivity index (χ4n) is 1.46. The zero-order chi connectivity index (χ0) is 13.7. The maximum absolute atomic E-state index is 12.7. The topological polar surface area (TPSA) is 72.7 Å². The molecule has 2 rings (SSSR count). The lowest BCUT2D eigenvalue weighted by atomic mass is 10.2. The van der Waals surface area contributed by atoms with E-state index in [1.807, 2.05) is 0 Å². The van der Waals surface area contributed by atoms with Crippen molar-refractivity contribution in [3.8, 4) is 0 Å². The standard InChI is InChI=1S/C12H14FN5O/c1-2-3-8-18-16-12(15-17-18)14-11(19)9-4-6-10(13)7-5-9/h4-7H,2-3,8H2,1H3,(H,14,16,19). The van der Waals surface area contributed by atoms with Crippen LogP contribution in [0.1, 0.15) is 30.1 Å². The first-order valence-electron chi connectivity index (χ1n) is 6.04. The molecular formula is C12H14FN5O. The lowest BCUT2D eigenvalue weighted by Crippen LogP contribution is -2.13. The lowest BCUT2D eigenvalue weighted by molar-refractivity contribution is 0.102. The molecule has 0 saturated carbocycles. The summed E-state index contributed by atoms with van der Waals surface area (Å²) in [6.07, 6.45) is 1.97. The molecule has 0 radical (unpaired) electrons. The number of anilines is 1. The number of benzene rings is 1. The Morgan fingerprint density at radius 2 is 2.11 bits per heavy atom. The van der Waals surface area contributed by atoms with Crippen LogP contribution in [0, 0.1) is 5.82 Å². The Labute approximate surface area is 109 Å². The molecule has 1 aromatic carbocycles. The minimum Gasteiger partial charge on any atom is -0.288 e. The molecular weight excluding hydrogens is 249 g/mol. The summed E-state index contributed by atoms with van der Waals surface area (Å²) >= 11 is 0. The van der Waals surface area contributed by atoms with Gasteiger partial charge in [0.05, 0.1) is 6.54 Å². The highest BCUT2D eigenvalue weighted by Gasteiger charge is 2.09. The normalized spacial score (nSPS) is 10.4. The largest absolute Gasteiger partial charge is 0.288 e. The number of carbonyl (C=O) groups is 1.